The molecule has 0 saturated carbocycles. The van der Waals surface area contributed by atoms with Gasteiger partial charge in [0.15, 0.2) is 0 Å². The largest absolute Gasteiger partial charge is 0.381 e. The molecule has 31 heavy (non-hydrogen) atoms. The summed E-state index contributed by atoms with van der Waals surface area (Å²) in [5.41, 5.74) is 3.42. The van der Waals surface area contributed by atoms with Gasteiger partial charge in [-0.2, -0.15) is 0 Å². The number of rotatable bonds is 7. The Morgan fingerprint density at radius 3 is 2.90 bits per heavy atom. The number of aromatic nitrogens is 2. The lowest BCUT2D eigenvalue weighted by Gasteiger charge is -2.30. The Morgan fingerprint density at radius 1 is 1.29 bits per heavy atom. The minimum Gasteiger partial charge on any atom is -0.381 e. The topological polar surface area (TPSA) is 84.9 Å². The van der Waals surface area contributed by atoms with Crippen molar-refractivity contribution in [1.82, 2.24) is 19.8 Å². The van der Waals surface area contributed by atoms with Crippen molar-refractivity contribution in [3.63, 3.8) is 0 Å². The van der Waals surface area contributed by atoms with Gasteiger partial charge in [0.1, 0.15) is 0 Å². The van der Waals surface area contributed by atoms with Crippen LogP contribution in [-0.2, 0) is 32.1 Å². The van der Waals surface area contributed by atoms with Crippen LogP contribution in [0.1, 0.15) is 24.1 Å². The van der Waals surface area contributed by atoms with E-state index in [0.717, 1.165) is 37.3 Å². The zero-order valence-electron chi connectivity index (χ0n) is 17.5. The number of hydrogen-bond donors (Lipinski definition) is 0. The second-order valence-corrected chi connectivity index (χ2v) is 8.80. The third kappa shape index (κ3) is 6.32. The normalized spacial score (nSPS) is 20.6. The number of amides is 2. The number of thiazole rings is 1. The van der Waals surface area contributed by atoms with Crippen molar-refractivity contribution in [2.24, 2.45) is 5.92 Å². The number of carbonyl (C=O) groups excluding carboxylic acids is 2. The average Bonchev–Trinajstić information content (AvgIpc) is 3.25. The smallest absolute Gasteiger partial charge is 0.242 e. The maximum atomic E-state index is 13.0. The summed E-state index contributed by atoms with van der Waals surface area (Å²) in [6, 6.07) is 3.83. The lowest BCUT2D eigenvalue weighted by Crippen LogP contribution is -2.42. The van der Waals surface area contributed by atoms with E-state index in [0.29, 0.717) is 32.2 Å². The Bertz CT molecular complexity index is 842. The van der Waals surface area contributed by atoms with Crippen LogP contribution in [0.5, 0.6) is 0 Å². The van der Waals surface area contributed by atoms with Crippen molar-refractivity contribution in [3.8, 4) is 0 Å². The van der Waals surface area contributed by atoms with Crippen LogP contribution in [-0.4, -0.2) is 77.1 Å². The number of hydrogen-bond acceptors (Lipinski definition) is 7. The van der Waals surface area contributed by atoms with E-state index in [1.54, 1.807) is 22.8 Å². The standard InChI is InChI=1S/C22H28N4O4S/c27-21(8-19-15-31-16-24-19)26-12-20(30-14-18-2-1-5-23-9-18)11-25(22(28)13-26)10-17-3-6-29-7-4-17/h1-2,5,9,15-17,20H,3-4,6-8,10-14H2/t20-/m0/s1. The van der Waals surface area contributed by atoms with Gasteiger partial charge in [0.25, 0.3) is 0 Å². The molecular formula is C22H28N4O4S. The summed E-state index contributed by atoms with van der Waals surface area (Å²) >= 11 is 1.46. The van der Waals surface area contributed by atoms with E-state index in [2.05, 4.69) is 9.97 Å². The van der Waals surface area contributed by atoms with Crippen LogP contribution in [0, 0.1) is 5.92 Å². The van der Waals surface area contributed by atoms with Gasteiger partial charge in [-0.15, -0.1) is 11.3 Å². The van der Waals surface area contributed by atoms with Gasteiger partial charge in [-0.1, -0.05) is 6.07 Å². The SMILES string of the molecule is O=C(Cc1cscn1)N1CC(=O)N(CC2CCOCC2)C[C@H](OCc2cccnc2)C1. The van der Waals surface area contributed by atoms with Crippen molar-refractivity contribution in [1.29, 1.82) is 0 Å². The zero-order chi connectivity index (χ0) is 21.5. The summed E-state index contributed by atoms with van der Waals surface area (Å²) in [4.78, 5) is 37.8. The van der Waals surface area contributed by atoms with Gasteiger partial charge in [0.05, 0.1) is 36.9 Å². The molecule has 2 saturated heterocycles. The van der Waals surface area contributed by atoms with Crippen molar-refractivity contribution in [2.75, 3.05) is 39.4 Å². The Kier molecular flexibility index (Phi) is 7.61. The fraction of sp³-hybridized carbons (Fsp3) is 0.545. The van der Waals surface area contributed by atoms with Gasteiger partial charge in [-0.25, -0.2) is 4.98 Å². The van der Waals surface area contributed by atoms with E-state index >= 15 is 0 Å². The van der Waals surface area contributed by atoms with E-state index in [-0.39, 0.29) is 30.9 Å². The first kappa shape index (κ1) is 21.9. The highest BCUT2D eigenvalue weighted by atomic mass is 32.1. The molecule has 8 nitrogen and oxygen atoms in total. The molecule has 166 valence electrons. The van der Waals surface area contributed by atoms with E-state index in [1.807, 2.05) is 22.4 Å². The van der Waals surface area contributed by atoms with Crippen molar-refractivity contribution in [3.05, 3.63) is 46.7 Å². The molecule has 0 N–H and O–H groups in total. The summed E-state index contributed by atoms with van der Waals surface area (Å²) < 4.78 is 11.6. The maximum Gasteiger partial charge on any atom is 0.242 e. The summed E-state index contributed by atoms with van der Waals surface area (Å²) in [6.45, 7) is 3.52. The minimum absolute atomic E-state index is 0.0226. The zero-order valence-corrected chi connectivity index (χ0v) is 18.3. The summed E-state index contributed by atoms with van der Waals surface area (Å²) in [6.07, 6.45) is 5.35. The number of ether oxygens (including phenoxy) is 2. The van der Waals surface area contributed by atoms with Gasteiger partial charge < -0.3 is 19.3 Å². The second-order valence-electron chi connectivity index (χ2n) is 8.08. The van der Waals surface area contributed by atoms with Gasteiger partial charge in [-0.3, -0.25) is 14.6 Å². The van der Waals surface area contributed by atoms with Crippen LogP contribution >= 0.6 is 11.3 Å². The predicted octanol–water partition coefficient (Wildman–Crippen LogP) is 1.76. The van der Waals surface area contributed by atoms with Crippen LogP contribution in [0.2, 0.25) is 0 Å². The van der Waals surface area contributed by atoms with E-state index < -0.39 is 0 Å². The monoisotopic (exact) mass is 444 g/mol. The Morgan fingerprint density at radius 2 is 2.16 bits per heavy atom. The summed E-state index contributed by atoms with van der Waals surface area (Å²) in [5.74, 6) is 0.307. The van der Waals surface area contributed by atoms with Crippen LogP contribution in [0.15, 0.2) is 35.4 Å². The molecule has 0 bridgehead atoms. The molecule has 0 aromatic carbocycles. The third-order valence-electron chi connectivity index (χ3n) is 5.72. The highest BCUT2D eigenvalue weighted by Crippen LogP contribution is 2.19. The molecule has 0 unspecified atom stereocenters. The fourth-order valence-electron chi connectivity index (χ4n) is 3.98. The maximum absolute atomic E-state index is 13.0. The molecule has 0 spiro atoms. The second kappa shape index (κ2) is 10.8. The predicted molar refractivity (Wildman–Crippen MR) is 115 cm³/mol. The molecule has 9 heteroatoms. The van der Waals surface area contributed by atoms with Gasteiger partial charge >= 0.3 is 0 Å². The van der Waals surface area contributed by atoms with E-state index in [1.165, 1.54) is 11.3 Å². The molecule has 2 amide bonds. The molecule has 2 aliphatic heterocycles. The van der Waals surface area contributed by atoms with Crippen molar-refractivity contribution >= 4 is 23.2 Å². The molecule has 1 atom stereocenters. The third-order valence-corrected chi connectivity index (χ3v) is 6.36. The lowest BCUT2D eigenvalue weighted by molar-refractivity contribution is -0.138. The number of pyridine rings is 1. The Balaban J connectivity index is 1.44. The molecular weight excluding hydrogens is 416 g/mol. The van der Waals surface area contributed by atoms with Crippen LogP contribution < -0.4 is 0 Å². The summed E-state index contributed by atoms with van der Waals surface area (Å²) in [5, 5.41) is 1.87. The van der Waals surface area contributed by atoms with Gasteiger partial charge in [0, 0.05) is 50.6 Å². The molecule has 4 rings (SSSR count). The van der Waals surface area contributed by atoms with Crippen molar-refractivity contribution < 1.29 is 19.1 Å². The van der Waals surface area contributed by atoms with Crippen molar-refractivity contribution in [2.45, 2.75) is 32.0 Å². The number of nitrogens with zero attached hydrogens (tertiary/aromatic N) is 4. The molecule has 2 aromatic heterocycles. The van der Waals surface area contributed by atoms with Crippen LogP contribution in [0.4, 0.5) is 0 Å². The number of carbonyl (C=O) groups is 2. The highest BCUT2D eigenvalue weighted by molar-refractivity contribution is 7.07. The minimum atomic E-state index is -0.258. The molecule has 2 aromatic rings. The van der Waals surface area contributed by atoms with Crippen LogP contribution in [0.25, 0.3) is 0 Å². The molecule has 4 heterocycles. The van der Waals surface area contributed by atoms with E-state index in [4.69, 9.17) is 9.47 Å². The fourth-order valence-corrected chi connectivity index (χ4v) is 4.54. The molecule has 2 aliphatic rings. The molecule has 0 aliphatic carbocycles. The van der Waals surface area contributed by atoms with E-state index in [9.17, 15) is 9.59 Å². The first-order valence-corrected chi connectivity index (χ1v) is 11.6. The highest BCUT2D eigenvalue weighted by Gasteiger charge is 2.32. The van der Waals surface area contributed by atoms with Crippen LogP contribution in [0.3, 0.4) is 0 Å². The Hall–Kier alpha value is -2.36. The lowest BCUT2D eigenvalue weighted by atomic mass is 9.99. The first-order valence-electron chi connectivity index (χ1n) is 10.7. The molecule has 2 fully saturated rings. The first-order chi connectivity index (χ1) is 15.2. The van der Waals surface area contributed by atoms with Gasteiger partial charge in [0.2, 0.25) is 11.8 Å². The quantitative estimate of drug-likeness (QED) is 0.647. The Labute approximate surface area is 186 Å². The van der Waals surface area contributed by atoms with Gasteiger partial charge in [-0.05, 0) is 30.4 Å². The molecule has 0 radical (unpaired) electrons. The summed E-state index contributed by atoms with van der Waals surface area (Å²) in [7, 11) is 0. The average molecular weight is 445 g/mol.